The van der Waals surface area contributed by atoms with Crippen molar-refractivity contribution in [3.63, 3.8) is 0 Å². The zero-order valence-corrected chi connectivity index (χ0v) is 31.3. The smallest absolute Gasteiger partial charge is 0.0886 e. The lowest BCUT2D eigenvalue weighted by Gasteiger charge is -2.33. The molecule has 0 atom stereocenters. The van der Waals surface area contributed by atoms with Crippen molar-refractivity contribution in [3.8, 4) is 44.8 Å². The average Bonchev–Trinajstić information content (AvgIpc) is 3.45. The maximum atomic E-state index is 5.44. The highest BCUT2D eigenvalue weighted by Gasteiger charge is 2.47. The molecule has 0 unspecified atom stereocenters. The minimum atomic E-state index is -0.580. The molecule has 0 amide bonds. The third-order valence-electron chi connectivity index (χ3n) is 10.8. The largest absolute Gasteiger partial charge is 0.260 e. The lowest BCUT2D eigenvalue weighted by Crippen LogP contribution is -2.29. The van der Waals surface area contributed by atoms with Crippen LogP contribution in [-0.4, -0.2) is 9.97 Å². The van der Waals surface area contributed by atoms with Crippen molar-refractivity contribution in [2.45, 2.75) is 64.7 Å². The van der Waals surface area contributed by atoms with E-state index >= 15 is 0 Å². The lowest BCUT2D eigenvalue weighted by atomic mass is 9.69. The number of hydrogen-bond donors (Lipinski definition) is 0. The maximum absolute atomic E-state index is 5.44. The number of pyridine rings is 2. The molecular formula is C50H46N2. The Morgan fingerprint density at radius 2 is 1.02 bits per heavy atom. The highest BCUT2D eigenvalue weighted by Crippen LogP contribution is 2.55. The van der Waals surface area contributed by atoms with Gasteiger partial charge in [0.25, 0.3) is 0 Å². The van der Waals surface area contributed by atoms with E-state index in [0.717, 1.165) is 28.2 Å². The van der Waals surface area contributed by atoms with Crippen LogP contribution in [0.4, 0.5) is 0 Å². The summed E-state index contributed by atoms with van der Waals surface area (Å²) >= 11 is 0. The number of nitrogens with zero attached hydrogens (tertiary/aromatic N) is 2. The van der Waals surface area contributed by atoms with E-state index in [1.54, 1.807) is 0 Å². The monoisotopic (exact) mass is 674 g/mol. The fourth-order valence-corrected chi connectivity index (χ4v) is 7.97. The molecule has 256 valence electrons. The maximum Gasteiger partial charge on any atom is 0.0886 e. The van der Waals surface area contributed by atoms with Gasteiger partial charge in [-0.15, -0.1) is 0 Å². The first-order valence-electron chi connectivity index (χ1n) is 18.4. The van der Waals surface area contributed by atoms with E-state index in [2.05, 4.69) is 188 Å². The van der Waals surface area contributed by atoms with Gasteiger partial charge in [-0.3, -0.25) is 4.98 Å². The van der Waals surface area contributed by atoms with Gasteiger partial charge in [0.2, 0.25) is 0 Å². The minimum Gasteiger partial charge on any atom is -0.260 e. The molecule has 8 rings (SSSR count). The Morgan fingerprint density at radius 3 is 1.62 bits per heavy atom. The van der Waals surface area contributed by atoms with Crippen molar-refractivity contribution in [1.82, 2.24) is 9.97 Å². The molecule has 2 heteroatoms. The topological polar surface area (TPSA) is 25.8 Å². The normalized spacial score (nSPS) is 13.4. The van der Waals surface area contributed by atoms with Crippen molar-refractivity contribution in [2.75, 3.05) is 0 Å². The summed E-state index contributed by atoms with van der Waals surface area (Å²) in [5, 5.41) is 0. The van der Waals surface area contributed by atoms with E-state index in [1.807, 2.05) is 12.3 Å². The summed E-state index contributed by atoms with van der Waals surface area (Å²) in [6.07, 6.45) is 1.92. The van der Waals surface area contributed by atoms with Crippen molar-refractivity contribution >= 4 is 0 Å². The van der Waals surface area contributed by atoms with E-state index in [1.165, 1.54) is 55.6 Å². The van der Waals surface area contributed by atoms with E-state index in [4.69, 9.17) is 9.97 Å². The fraction of sp³-hybridized carbons (Fsp3) is 0.200. The molecule has 0 saturated heterocycles. The van der Waals surface area contributed by atoms with Crippen LogP contribution in [0.2, 0.25) is 0 Å². The second kappa shape index (κ2) is 12.6. The average molecular weight is 675 g/mol. The fourth-order valence-electron chi connectivity index (χ4n) is 7.97. The van der Waals surface area contributed by atoms with Crippen molar-refractivity contribution in [1.29, 1.82) is 0 Å². The van der Waals surface area contributed by atoms with Gasteiger partial charge in [0.15, 0.2) is 0 Å². The van der Waals surface area contributed by atoms with Gasteiger partial charge >= 0.3 is 0 Å². The van der Waals surface area contributed by atoms with Gasteiger partial charge in [0.05, 0.1) is 22.5 Å². The highest BCUT2D eigenvalue weighted by molar-refractivity contribution is 5.86. The van der Waals surface area contributed by atoms with E-state index in [0.29, 0.717) is 0 Å². The molecule has 0 aliphatic heterocycles. The predicted molar refractivity (Wildman–Crippen MR) is 218 cm³/mol. The van der Waals surface area contributed by atoms with Gasteiger partial charge in [-0.1, -0.05) is 157 Å². The third-order valence-corrected chi connectivity index (χ3v) is 10.8. The zero-order valence-electron chi connectivity index (χ0n) is 31.3. The summed E-state index contributed by atoms with van der Waals surface area (Å²) in [7, 11) is 0. The number of aryl methyl sites for hydroxylation is 1. The Hall–Kier alpha value is -5.60. The molecule has 2 aromatic heterocycles. The SMILES string of the molecule is Cc1ccccc1-c1cc(-c2cc(C(C)(C)C)cc(C(C)(C)C)c2)cc(-c2cccc(C3(c4ccccn4)c4ccccc4-c4ccccc43)c2)n1. The Bertz CT molecular complexity index is 2360. The van der Waals surface area contributed by atoms with Crippen molar-refractivity contribution in [2.24, 2.45) is 0 Å². The molecule has 7 aromatic rings. The van der Waals surface area contributed by atoms with Crippen LogP contribution in [0.3, 0.4) is 0 Å². The molecule has 0 saturated carbocycles. The van der Waals surface area contributed by atoms with E-state index < -0.39 is 5.41 Å². The predicted octanol–water partition coefficient (Wildman–Crippen LogP) is 12.7. The van der Waals surface area contributed by atoms with Gasteiger partial charge < -0.3 is 0 Å². The summed E-state index contributed by atoms with van der Waals surface area (Å²) in [5.41, 5.74) is 17.1. The Morgan fingerprint density at radius 1 is 0.462 bits per heavy atom. The first-order valence-corrected chi connectivity index (χ1v) is 18.4. The van der Waals surface area contributed by atoms with Crippen LogP contribution in [0.25, 0.3) is 44.8 Å². The van der Waals surface area contributed by atoms with Crippen molar-refractivity contribution < 1.29 is 0 Å². The van der Waals surface area contributed by atoms with E-state index in [9.17, 15) is 0 Å². The first kappa shape index (κ1) is 33.5. The molecule has 2 nitrogen and oxygen atoms in total. The first-order chi connectivity index (χ1) is 24.9. The summed E-state index contributed by atoms with van der Waals surface area (Å²) in [6, 6.07) is 53.3. The van der Waals surface area contributed by atoms with Crippen LogP contribution in [0.5, 0.6) is 0 Å². The number of aromatic nitrogens is 2. The quantitative estimate of drug-likeness (QED) is 0.182. The van der Waals surface area contributed by atoms with Gasteiger partial charge in [0.1, 0.15) is 0 Å². The standard InChI is InChI=1S/C50H46N2/c1-33-17-8-9-20-40(33)46-31-36(35-28-38(48(2,3)4)32-39(29-35)49(5,6)7)30-45(52-46)34-18-16-19-37(27-34)50(47-25-14-15-26-51-47)43-23-12-10-21-41(43)42-22-11-13-24-44(42)50/h8-32H,1-7H3. The molecule has 2 heterocycles. The summed E-state index contributed by atoms with van der Waals surface area (Å²) in [5.74, 6) is 0. The van der Waals surface area contributed by atoms with Crippen molar-refractivity contribution in [3.05, 3.63) is 191 Å². The molecule has 0 radical (unpaired) electrons. The van der Waals surface area contributed by atoms with Crippen LogP contribution < -0.4 is 0 Å². The van der Waals surface area contributed by atoms with Gasteiger partial charge in [-0.2, -0.15) is 0 Å². The second-order valence-corrected chi connectivity index (χ2v) is 16.4. The van der Waals surface area contributed by atoms with Crippen LogP contribution in [-0.2, 0) is 16.2 Å². The summed E-state index contributed by atoms with van der Waals surface area (Å²) < 4.78 is 0. The molecule has 0 spiro atoms. The molecule has 0 fully saturated rings. The molecule has 0 N–H and O–H groups in total. The molecule has 0 bridgehead atoms. The number of fused-ring (bicyclic) bond motifs is 3. The zero-order chi connectivity index (χ0) is 36.3. The minimum absolute atomic E-state index is 0.00665. The summed E-state index contributed by atoms with van der Waals surface area (Å²) in [6.45, 7) is 16.0. The Balaban J connectivity index is 1.39. The van der Waals surface area contributed by atoms with Crippen LogP contribution in [0, 0.1) is 6.92 Å². The molecule has 5 aromatic carbocycles. The van der Waals surface area contributed by atoms with Gasteiger partial charge in [-0.05, 0) is 104 Å². The van der Waals surface area contributed by atoms with Crippen LogP contribution >= 0.6 is 0 Å². The summed E-state index contributed by atoms with van der Waals surface area (Å²) in [4.78, 5) is 10.5. The molecule has 52 heavy (non-hydrogen) atoms. The lowest BCUT2D eigenvalue weighted by molar-refractivity contribution is 0.569. The van der Waals surface area contributed by atoms with Gasteiger partial charge in [-0.25, -0.2) is 4.98 Å². The molecular weight excluding hydrogens is 629 g/mol. The third kappa shape index (κ3) is 5.67. The van der Waals surface area contributed by atoms with E-state index in [-0.39, 0.29) is 10.8 Å². The highest BCUT2D eigenvalue weighted by atomic mass is 14.7. The van der Waals surface area contributed by atoms with Crippen LogP contribution in [0.1, 0.15) is 80.6 Å². The number of hydrogen-bond acceptors (Lipinski definition) is 2. The molecule has 1 aliphatic carbocycles. The second-order valence-electron chi connectivity index (χ2n) is 16.4. The van der Waals surface area contributed by atoms with Gasteiger partial charge in [0, 0.05) is 17.3 Å². The Kier molecular flexibility index (Phi) is 8.10. The number of benzene rings is 5. The molecule has 1 aliphatic rings. The Labute approximate surface area is 309 Å². The number of rotatable bonds is 5. The van der Waals surface area contributed by atoms with Crippen LogP contribution in [0.15, 0.2) is 152 Å².